The number of hydrogen-bond donors (Lipinski definition) is 0. The summed E-state index contributed by atoms with van der Waals surface area (Å²) in [6, 6.07) is 1.99. The van der Waals surface area contributed by atoms with Crippen molar-refractivity contribution in [3.8, 4) is 6.07 Å². The van der Waals surface area contributed by atoms with Crippen LogP contribution in [-0.4, -0.2) is 5.78 Å². The SMILES string of the molecule is CC(=O)C(C=C(C)C)CC#N. The van der Waals surface area contributed by atoms with Crippen molar-refractivity contribution in [3.63, 3.8) is 0 Å². The third kappa shape index (κ3) is 4.32. The third-order valence-electron chi connectivity index (χ3n) is 1.37. The van der Waals surface area contributed by atoms with E-state index in [-0.39, 0.29) is 11.7 Å². The Morgan fingerprint density at radius 3 is 2.36 bits per heavy atom. The van der Waals surface area contributed by atoms with Gasteiger partial charge in [-0.1, -0.05) is 11.6 Å². The van der Waals surface area contributed by atoms with E-state index in [9.17, 15) is 4.79 Å². The largest absolute Gasteiger partial charge is 0.299 e. The molecular formula is C9H13NO. The fraction of sp³-hybridized carbons (Fsp3) is 0.556. The maximum Gasteiger partial charge on any atom is 0.137 e. The number of carbonyl (C=O) groups excluding carboxylic acids is 1. The van der Waals surface area contributed by atoms with E-state index in [1.165, 1.54) is 6.92 Å². The Labute approximate surface area is 67.5 Å². The van der Waals surface area contributed by atoms with Crippen LogP contribution in [-0.2, 0) is 4.79 Å². The second kappa shape index (κ2) is 4.68. The molecule has 0 bridgehead atoms. The summed E-state index contributed by atoms with van der Waals surface area (Å²) >= 11 is 0. The number of ketones is 1. The number of Topliss-reactive ketones (excluding diaryl/α,β-unsaturated/α-hetero) is 1. The van der Waals surface area contributed by atoms with Gasteiger partial charge in [-0.2, -0.15) is 5.26 Å². The van der Waals surface area contributed by atoms with Crippen molar-refractivity contribution in [1.29, 1.82) is 5.26 Å². The zero-order valence-corrected chi connectivity index (χ0v) is 7.22. The molecule has 0 saturated carbocycles. The lowest BCUT2D eigenvalue weighted by molar-refractivity contribution is -0.119. The summed E-state index contributed by atoms with van der Waals surface area (Å²) in [5.74, 6) is -0.141. The average Bonchev–Trinajstić information content (AvgIpc) is 1.86. The first-order chi connectivity index (χ1) is 5.07. The van der Waals surface area contributed by atoms with E-state index in [2.05, 4.69) is 0 Å². The summed E-state index contributed by atoms with van der Waals surface area (Å²) < 4.78 is 0. The molecule has 2 heteroatoms. The van der Waals surface area contributed by atoms with E-state index in [0.717, 1.165) is 5.57 Å². The van der Waals surface area contributed by atoms with Gasteiger partial charge >= 0.3 is 0 Å². The minimum absolute atomic E-state index is 0.0627. The molecule has 0 heterocycles. The second-order valence-corrected chi connectivity index (χ2v) is 2.82. The summed E-state index contributed by atoms with van der Waals surface area (Å²) in [4.78, 5) is 10.9. The van der Waals surface area contributed by atoms with Crippen molar-refractivity contribution in [2.24, 2.45) is 5.92 Å². The van der Waals surface area contributed by atoms with Crippen LogP contribution in [0.3, 0.4) is 0 Å². The Bertz CT molecular complexity index is 206. The zero-order chi connectivity index (χ0) is 8.85. The average molecular weight is 151 g/mol. The van der Waals surface area contributed by atoms with Crippen LogP contribution in [0, 0.1) is 17.2 Å². The van der Waals surface area contributed by atoms with Gasteiger partial charge in [-0.25, -0.2) is 0 Å². The molecule has 0 spiro atoms. The van der Waals surface area contributed by atoms with Crippen molar-refractivity contribution in [2.75, 3.05) is 0 Å². The molecular weight excluding hydrogens is 138 g/mol. The number of nitriles is 1. The lowest BCUT2D eigenvalue weighted by Gasteiger charge is -2.03. The summed E-state index contributed by atoms with van der Waals surface area (Å²) in [5, 5.41) is 8.37. The molecule has 0 saturated heterocycles. The molecule has 0 aliphatic heterocycles. The van der Waals surface area contributed by atoms with Crippen molar-refractivity contribution in [1.82, 2.24) is 0 Å². The van der Waals surface area contributed by atoms with Crippen LogP contribution < -0.4 is 0 Å². The van der Waals surface area contributed by atoms with Gasteiger partial charge in [0, 0.05) is 12.3 Å². The first-order valence-electron chi connectivity index (χ1n) is 3.60. The molecule has 0 aromatic heterocycles. The highest BCUT2D eigenvalue weighted by Gasteiger charge is 2.09. The van der Waals surface area contributed by atoms with Gasteiger partial charge in [0.15, 0.2) is 0 Å². The Morgan fingerprint density at radius 2 is 2.09 bits per heavy atom. The molecule has 11 heavy (non-hydrogen) atoms. The van der Waals surface area contributed by atoms with Gasteiger partial charge in [-0.15, -0.1) is 0 Å². The molecule has 0 radical (unpaired) electrons. The van der Waals surface area contributed by atoms with Crippen LogP contribution in [0.1, 0.15) is 27.2 Å². The van der Waals surface area contributed by atoms with Crippen LogP contribution in [0.4, 0.5) is 0 Å². The minimum atomic E-state index is -0.204. The third-order valence-corrected chi connectivity index (χ3v) is 1.37. The van der Waals surface area contributed by atoms with Gasteiger partial charge in [-0.3, -0.25) is 4.79 Å². The highest BCUT2D eigenvalue weighted by Crippen LogP contribution is 2.08. The number of allylic oxidation sites excluding steroid dienone is 2. The lowest BCUT2D eigenvalue weighted by Crippen LogP contribution is -2.07. The lowest BCUT2D eigenvalue weighted by atomic mass is 10.00. The molecule has 0 fully saturated rings. The highest BCUT2D eigenvalue weighted by molar-refractivity contribution is 5.80. The smallest absolute Gasteiger partial charge is 0.137 e. The number of rotatable bonds is 3. The monoisotopic (exact) mass is 151 g/mol. The summed E-state index contributed by atoms with van der Waals surface area (Å²) in [7, 11) is 0. The topological polar surface area (TPSA) is 40.9 Å². The Balaban J connectivity index is 4.26. The van der Waals surface area contributed by atoms with Gasteiger partial charge in [0.25, 0.3) is 0 Å². The molecule has 1 atom stereocenters. The standard InChI is InChI=1S/C9H13NO/c1-7(2)6-9(4-5-10)8(3)11/h6,9H,4H2,1-3H3. The minimum Gasteiger partial charge on any atom is -0.299 e. The molecule has 0 aliphatic carbocycles. The van der Waals surface area contributed by atoms with E-state index in [1.54, 1.807) is 0 Å². The van der Waals surface area contributed by atoms with Gasteiger partial charge in [0.2, 0.25) is 0 Å². The van der Waals surface area contributed by atoms with Crippen molar-refractivity contribution >= 4 is 5.78 Å². The molecule has 0 N–H and O–H groups in total. The summed E-state index contributed by atoms with van der Waals surface area (Å²) in [6.45, 7) is 5.36. The van der Waals surface area contributed by atoms with E-state index in [0.29, 0.717) is 6.42 Å². The van der Waals surface area contributed by atoms with E-state index >= 15 is 0 Å². The predicted molar refractivity (Wildman–Crippen MR) is 43.8 cm³/mol. The van der Waals surface area contributed by atoms with Crippen LogP contribution >= 0.6 is 0 Å². The molecule has 2 nitrogen and oxygen atoms in total. The van der Waals surface area contributed by atoms with Crippen LogP contribution in [0.15, 0.2) is 11.6 Å². The number of nitrogens with zero attached hydrogens (tertiary/aromatic N) is 1. The molecule has 0 aliphatic rings. The second-order valence-electron chi connectivity index (χ2n) is 2.82. The van der Waals surface area contributed by atoms with Crippen LogP contribution in [0.2, 0.25) is 0 Å². The molecule has 0 rings (SSSR count). The van der Waals surface area contributed by atoms with E-state index in [1.807, 2.05) is 26.0 Å². The first kappa shape index (κ1) is 9.90. The molecule has 0 amide bonds. The van der Waals surface area contributed by atoms with Crippen molar-refractivity contribution in [3.05, 3.63) is 11.6 Å². The first-order valence-corrected chi connectivity index (χ1v) is 3.60. The number of hydrogen-bond acceptors (Lipinski definition) is 2. The van der Waals surface area contributed by atoms with E-state index < -0.39 is 0 Å². The fourth-order valence-corrected chi connectivity index (χ4v) is 0.821. The van der Waals surface area contributed by atoms with Gasteiger partial charge < -0.3 is 0 Å². The fourth-order valence-electron chi connectivity index (χ4n) is 0.821. The van der Waals surface area contributed by atoms with Crippen molar-refractivity contribution < 1.29 is 4.79 Å². The maximum atomic E-state index is 10.9. The molecule has 0 aromatic rings. The van der Waals surface area contributed by atoms with E-state index in [4.69, 9.17) is 5.26 Å². The van der Waals surface area contributed by atoms with Crippen LogP contribution in [0.25, 0.3) is 0 Å². The molecule has 1 unspecified atom stereocenters. The van der Waals surface area contributed by atoms with Crippen molar-refractivity contribution in [2.45, 2.75) is 27.2 Å². The zero-order valence-electron chi connectivity index (χ0n) is 7.22. The van der Waals surface area contributed by atoms with Gasteiger partial charge in [0.05, 0.1) is 6.07 Å². The predicted octanol–water partition coefficient (Wildman–Crippen LogP) is 2.07. The van der Waals surface area contributed by atoms with Crippen LogP contribution in [0.5, 0.6) is 0 Å². The summed E-state index contributed by atoms with van der Waals surface area (Å²) in [5.41, 5.74) is 1.08. The number of carbonyl (C=O) groups is 1. The molecule has 60 valence electrons. The normalized spacial score (nSPS) is 11.5. The Morgan fingerprint density at radius 1 is 1.55 bits per heavy atom. The Hall–Kier alpha value is -1.10. The summed E-state index contributed by atoms with van der Waals surface area (Å²) in [6.07, 6.45) is 2.13. The molecule has 0 aromatic carbocycles. The maximum absolute atomic E-state index is 10.9. The highest BCUT2D eigenvalue weighted by atomic mass is 16.1. The van der Waals surface area contributed by atoms with Gasteiger partial charge in [-0.05, 0) is 20.8 Å². The Kier molecular flexibility index (Phi) is 4.21. The quantitative estimate of drug-likeness (QED) is 0.579. The van der Waals surface area contributed by atoms with Gasteiger partial charge in [0.1, 0.15) is 5.78 Å².